The first-order valence-electron chi connectivity index (χ1n) is 7.52. The third-order valence-electron chi connectivity index (χ3n) is 4.04. The molecule has 2 atom stereocenters. The maximum absolute atomic E-state index is 6.06. The lowest BCUT2D eigenvalue weighted by molar-refractivity contribution is -0.0702. The van der Waals surface area contributed by atoms with Gasteiger partial charge in [0.1, 0.15) is 0 Å². The summed E-state index contributed by atoms with van der Waals surface area (Å²) in [6.45, 7) is 11.9. The smallest absolute Gasteiger partial charge is 0.0809 e. The summed E-state index contributed by atoms with van der Waals surface area (Å²) in [7, 11) is 0. The van der Waals surface area contributed by atoms with Crippen molar-refractivity contribution in [1.29, 1.82) is 0 Å². The molecule has 0 aliphatic carbocycles. The zero-order valence-corrected chi connectivity index (χ0v) is 12.8. The van der Waals surface area contributed by atoms with Gasteiger partial charge in [0, 0.05) is 19.2 Å². The minimum Gasteiger partial charge on any atom is -0.377 e. The Kier molecular flexibility index (Phi) is 4.88. The quantitative estimate of drug-likeness (QED) is 0.751. The average Bonchev–Trinajstić information content (AvgIpc) is 2.84. The maximum Gasteiger partial charge on any atom is 0.0809 e. The summed E-state index contributed by atoms with van der Waals surface area (Å²) >= 11 is 0. The molecule has 0 bridgehead atoms. The highest BCUT2D eigenvalue weighted by Gasteiger charge is 2.45. The van der Waals surface area contributed by atoms with Gasteiger partial charge < -0.3 is 19.5 Å². The second kappa shape index (κ2) is 6.08. The van der Waals surface area contributed by atoms with E-state index in [2.05, 4.69) is 33.0 Å². The second-order valence-corrected chi connectivity index (χ2v) is 6.89. The van der Waals surface area contributed by atoms with Crippen molar-refractivity contribution in [1.82, 2.24) is 5.32 Å². The molecule has 2 unspecified atom stereocenters. The van der Waals surface area contributed by atoms with E-state index >= 15 is 0 Å². The van der Waals surface area contributed by atoms with Crippen molar-refractivity contribution in [2.24, 2.45) is 0 Å². The molecule has 0 aromatic heterocycles. The molecule has 0 radical (unpaired) electrons. The lowest BCUT2D eigenvalue weighted by atomic mass is 9.94. The van der Waals surface area contributed by atoms with Gasteiger partial charge in [-0.25, -0.2) is 0 Å². The first kappa shape index (κ1) is 15.2. The van der Waals surface area contributed by atoms with Crippen molar-refractivity contribution in [2.75, 3.05) is 26.4 Å². The molecule has 1 N–H and O–H groups in total. The second-order valence-electron chi connectivity index (χ2n) is 6.89. The fourth-order valence-electron chi connectivity index (χ4n) is 3.18. The number of hydrogen-bond donors (Lipinski definition) is 1. The molecule has 0 spiro atoms. The van der Waals surface area contributed by atoms with Gasteiger partial charge in [-0.1, -0.05) is 0 Å². The standard InChI is InChI=1S/C15H29NO3/c1-14(2)10-13(15(3,4)19-14)16-7-9-17-11-12-6-5-8-18-12/h12-13,16H,5-11H2,1-4H3. The minimum atomic E-state index is -0.0991. The summed E-state index contributed by atoms with van der Waals surface area (Å²) in [5.41, 5.74) is -0.127. The van der Waals surface area contributed by atoms with Crippen LogP contribution in [-0.2, 0) is 14.2 Å². The third kappa shape index (κ3) is 4.42. The van der Waals surface area contributed by atoms with Gasteiger partial charge in [0.25, 0.3) is 0 Å². The molecular weight excluding hydrogens is 242 g/mol. The summed E-state index contributed by atoms with van der Waals surface area (Å²) in [6, 6.07) is 0.397. The summed E-state index contributed by atoms with van der Waals surface area (Å²) in [5.74, 6) is 0. The van der Waals surface area contributed by atoms with Crippen LogP contribution in [0.2, 0.25) is 0 Å². The van der Waals surface area contributed by atoms with E-state index in [4.69, 9.17) is 14.2 Å². The van der Waals surface area contributed by atoms with E-state index < -0.39 is 0 Å². The van der Waals surface area contributed by atoms with Gasteiger partial charge in [-0.05, 0) is 47.0 Å². The first-order valence-corrected chi connectivity index (χ1v) is 7.52. The van der Waals surface area contributed by atoms with Gasteiger partial charge in [0.2, 0.25) is 0 Å². The Bertz CT molecular complexity index is 285. The van der Waals surface area contributed by atoms with Crippen LogP contribution in [0.5, 0.6) is 0 Å². The Morgan fingerprint density at radius 2 is 2.05 bits per heavy atom. The van der Waals surface area contributed by atoms with Gasteiger partial charge in [-0.15, -0.1) is 0 Å². The molecule has 4 nitrogen and oxygen atoms in total. The van der Waals surface area contributed by atoms with Crippen LogP contribution in [0, 0.1) is 0 Å². The van der Waals surface area contributed by atoms with Gasteiger partial charge in [-0.3, -0.25) is 0 Å². The Morgan fingerprint density at radius 1 is 1.26 bits per heavy atom. The molecule has 2 saturated heterocycles. The van der Waals surface area contributed by atoms with E-state index in [1.165, 1.54) is 6.42 Å². The van der Waals surface area contributed by atoms with Crippen LogP contribution in [0.25, 0.3) is 0 Å². The predicted octanol–water partition coefficient (Wildman–Crippen LogP) is 2.12. The highest BCUT2D eigenvalue weighted by atomic mass is 16.5. The topological polar surface area (TPSA) is 39.7 Å². The Hall–Kier alpha value is -0.160. The van der Waals surface area contributed by atoms with Crippen molar-refractivity contribution in [3.8, 4) is 0 Å². The van der Waals surface area contributed by atoms with Crippen LogP contribution in [0.4, 0.5) is 0 Å². The zero-order chi connectivity index (χ0) is 13.9. The lowest BCUT2D eigenvalue weighted by Gasteiger charge is -2.27. The molecule has 0 aromatic carbocycles. The zero-order valence-electron chi connectivity index (χ0n) is 12.8. The van der Waals surface area contributed by atoms with E-state index in [1.807, 2.05) is 0 Å². The van der Waals surface area contributed by atoms with Crippen LogP contribution in [0.3, 0.4) is 0 Å². The lowest BCUT2D eigenvalue weighted by Crippen LogP contribution is -2.44. The van der Waals surface area contributed by atoms with Crippen molar-refractivity contribution in [3.05, 3.63) is 0 Å². The Balaban J connectivity index is 1.60. The fraction of sp³-hybridized carbons (Fsp3) is 1.00. The molecule has 2 aliphatic rings. The largest absolute Gasteiger partial charge is 0.377 e. The molecule has 0 amide bonds. The van der Waals surface area contributed by atoms with Crippen molar-refractivity contribution < 1.29 is 14.2 Å². The SMILES string of the molecule is CC1(C)CC(NCCOCC2CCCO2)C(C)(C)O1. The molecular formula is C15H29NO3. The third-order valence-corrected chi connectivity index (χ3v) is 4.04. The minimum absolute atomic E-state index is 0.0281. The number of ether oxygens (including phenoxy) is 3. The number of hydrogen-bond acceptors (Lipinski definition) is 4. The van der Waals surface area contributed by atoms with E-state index in [0.29, 0.717) is 12.1 Å². The Labute approximate surface area is 117 Å². The highest BCUT2D eigenvalue weighted by molar-refractivity contribution is 4.98. The van der Waals surface area contributed by atoms with Crippen LogP contribution in [-0.4, -0.2) is 49.7 Å². The Morgan fingerprint density at radius 3 is 2.63 bits per heavy atom. The van der Waals surface area contributed by atoms with E-state index in [1.54, 1.807) is 0 Å². The van der Waals surface area contributed by atoms with Crippen LogP contribution in [0.15, 0.2) is 0 Å². The predicted molar refractivity (Wildman–Crippen MR) is 75.4 cm³/mol. The van der Waals surface area contributed by atoms with Gasteiger partial charge in [0.05, 0.1) is 30.5 Å². The maximum atomic E-state index is 6.06. The molecule has 0 aromatic rings. The van der Waals surface area contributed by atoms with Crippen LogP contribution >= 0.6 is 0 Å². The fourth-order valence-corrected chi connectivity index (χ4v) is 3.18. The van der Waals surface area contributed by atoms with E-state index in [0.717, 1.165) is 39.2 Å². The number of rotatable bonds is 6. The van der Waals surface area contributed by atoms with Gasteiger partial charge in [-0.2, -0.15) is 0 Å². The normalized spacial score (nSPS) is 32.8. The van der Waals surface area contributed by atoms with Gasteiger partial charge in [0.15, 0.2) is 0 Å². The van der Waals surface area contributed by atoms with Crippen molar-refractivity contribution >= 4 is 0 Å². The summed E-state index contributed by atoms with van der Waals surface area (Å²) in [4.78, 5) is 0. The van der Waals surface area contributed by atoms with Crippen molar-refractivity contribution in [3.63, 3.8) is 0 Å². The molecule has 19 heavy (non-hydrogen) atoms. The summed E-state index contributed by atoms with van der Waals surface area (Å²) < 4.78 is 17.3. The highest BCUT2D eigenvalue weighted by Crippen LogP contribution is 2.37. The van der Waals surface area contributed by atoms with Crippen LogP contribution in [0.1, 0.15) is 47.0 Å². The van der Waals surface area contributed by atoms with E-state index in [9.17, 15) is 0 Å². The summed E-state index contributed by atoms with van der Waals surface area (Å²) in [5, 5.41) is 3.56. The monoisotopic (exact) mass is 271 g/mol. The molecule has 2 fully saturated rings. The summed E-state index contributed by atoms with van der Waals surface area (Å²) in [6.07, 6.45) is 3.69. The average molecular weight is 271 g/mol. The van der Waals surface area contributed by atoms with E-state index in [-0.39, 0.29) is 11.2 Å². The molecule has 0 saturated carbocycles. The molecule has 2 aliphatic heterocycles. The number of nitrogens with one attached hydrogen (secondary N) is 1. The van der Waals surface area contributed by atoms with Crippen molar-refractivity contribution in [2.45, 2.75) is 70.3 Å². The van der Waals surface area contributed by atoms with Crippen LogP contribution < -0.4 is 5.32 Å². The first-order chi connectivity index (χ1) is 8.89. The van der Waals surface area contributed by atoms with Gasteiger partial charge >= 0.3 is 0 Å². The molecule has 2 heterocycles. The molecule has 112 valence electrons. The molecule has 2 rings (SSSR count). The molecule has 4 heteroatoms.